The highest BCUT2D eigenvalue weighted by molar-refractivity contribution is 6.30. The highest BCUT2D eigenvalue weighted by Crippen LogP contribution is 2.19. The van der Waals surface area contributed by atoms with Crippen molar-refractivity contribution in [1.82, 2.24) is 5.32 Å². The number of carbonyl (C=O) groups excluding carboxylic acids is 2. The zero-order chi connectivity index (χ0) is 16.0. The van der Waals surface area contributed by atoms with Crippen molar-refractivity contribution in [2.24, 2.45) is 0 Å². The molecule has 0 radical (unpaired) electrons. The van der Waals surface area contributed by atoms with Crippen LogP contribution in [-0.2, 0) is 14.3 Å². The van der Waals surface area contributed by atoms with Crippen LogP contribution in [-0.4, -0.2) is 31.3 Å². The van der Waals surface area contributed by atoms with Crippen molar-refractivity contribution in [3.05, 3.63) is 34.9 Å². The van der Waals surface area contributed by atoms with Crippen molar-refractivity contribution in [3.63, 3.8) is 0 Å². The second-order valence-electron chi connectivity index (χ2n) is 5.51. The van der Waals surface area contributed by atoms with Crippen LogP contribution in [0, 0.1) is 0 Å². The number of amides is 1. The van der Waals surface area contributed by atoms with E-state index in [9.17, 15) is 9.59 Å². The van der Waals surface area contributed by atoms with Crippen LogP contribution in [0.2, 0.25) is 5.02 Å². The molecule has 1 atom stereocenters. The Morgan fingerprint density at radius 3 is 2.29 bits per heavy atom. The first-order valence-electron chi connectivity index (χ1n) is 6.53. The Bertz CT molecular complexity index is 493. The molecule has 1 aromatic rings. The molecule has 1 rings (SSSR count). The monoisotopic (exact) mass is 313 g/mol. The molecule has 21 heavy (non-hydrogen) atoms. The maximum Gasteiger partial charge on any atom is 0.407 e. The predicted octanol–water partition coefficient (Wildman–Crippen LogP) is 3.12. The van der Waals surface area contributed by atoms with E-state index in [1.807, 2.05) is 0 Å². The van der Waals surface area contributed by atoms with E-state index in [1.165, 1.54) is 7.11 Å². The Morgan fingerprint density at radius 1 is 1.24 bits per heavy atom. The molecule has 1 unspecified atom stereocenters. The molecular formula is C15H20ClNO4. The molecule has 5 nitrogen and oxygen atoms in total. The maximum absolute atomic E-state index is 11.8. The SMILES string of the molecule is COC(=O)C(CNC(=O)OC(C)(C)C)c1ccc(Cl)cc1. The molecule has 0 saturated carbocycles. The number of hydrogen-bond acceptors (Lipinski definition) is 4. The smallest absolute Gasteiger partial charge is 0.407 e. The van der Waals surface area contributed by atoms with Gasteiger partial charge in [-0.05, 0) is 38.5 Å². The third-order valence-electron chi connectivity index (χ3n) is 2.61. The summed E-state index contributed by atoms with van der Waals surface area (Å²) >= 11 is 5.82. The number of hydrogen-bond donors (Lipinski definition) is 1. The summed E-state index contributed by atoms with van der Waals surface area (Å²) in [5.74, 6) is -1.05. The maximum atomic E-state index is 11.8. The lowest BCUT2D eigenvalue weighted by atomic mass is 9.99. The zero-order valence-corrected chi connectivity index (χ0v) is 13.4. The van der Waals surface area contributed by atoms with Gasteiger partial charge in [0, 0.05) is 11.6 Å². The van der Waals surface area contributed by atoms with E-state index in [4.69, 9.17) is 21.1 Å². The second kappa shape index (κ2) is 7.31. The first-order chi connectivity index (χ1) is 9.73. The molecule has 0 bridgehead atoms. The van der Waals surface area contributed by atoms with Crippen LogP contribution in [0.5, 0.6) is 0 Å². The number of nitrogens with one attached hydrogen (secondary N) is 1. The first-order valence-corrected chi connectivity index (χ1v) is 6.91. The van der Waals surface area contributed by atoms with E-state index in [1.54, 1.807) is 45.0 Å². The molecule has 0 aliphatic carbocycles. The van der Waals surface area contributed by atoms with Crippen LogP contribution in [0.3, 0.4) is 0 Å². The molecule has 116 valence electrons. The predicted molar refractivity (Wildman–Crippen MR) is 80.4 cm³/mol. The molecular weight excluding hydrogens is 294 g/mol. The number of alkyl carbamates (subject to hydrolysis) is 1. The van der Waals surface area contributed by atoms with E-state index in [0.29, 0.717) is 10.6 Å². The molecule has 0 aliphatic heterocycles. The molecule has 6 heteroatoms. The summed E-state index contributed by atoms with van der Waals surface area (Å²) in [4.78, 5) is 23.5. The van der Waals surface area contributed by atoms with Crippen LogP contribution >= 0.6 is 11.6 Å². The fourth-order valence-electron chi connectivity index (χ4n) is 1.67. The number of methoxy groups -OCH3 is 1. The van der Waals surface area contributed by atoms with Gasteiger partial charge in [-0.2, -0.15) is 0 Å². The molecule has 0 aliphatic rings. The van der Waals surface area contributed by atoms with Crippen molar-refractivity contribution >= 4 is 23.7 Å². The van der Waals surface area contributed by atoms with Crippen molar-refractivity contribution in [2.75, 3.05) is 13.7 Å². The lowest BCUT2D eigenvalue weighted by Crippen LogP contribution is -2.36. The molecule has 0 aromatic heterocycles. The third-order valence-corrected chi connectivity index (χ3v) is 2.86. The number of esters is 1. The van der Waals surface area contributed by atoms with Crippen molar-refractivity contribution < 1.29 is 19.1 Å². The average Bonchev–Trinajstić information content (AvgIpc) is 2.38. The quantitative estimate of drug-likeness (QED) is 0.867. The molecule has 0 saturated heterocycles. The van der Waals surface area contributed by atoms with E-state index < -0.39 is 23.6 Å². The van der Waals surface area contributed by atoms with Gasteiger partial charge >= 0.3 is 12.1 Å². The highest BCUT2D eigenvalue weighted by Gasteiger charge is 2.23. The largest absolute Gasteiger partial charge is 0.468 e. The Labute approximate surface area is 129 Å². The Kier molecular flexibility index (Phi) is 6.03. The van der Waals surface area contributed by atoms with Crippen LogP contribution in [0.1, 0.15) is 32.3 Å². The van der Waals surface area contributed by atoms with Gasteiger partial charge in [0.15, 0.2) is 0 Å². The van der Waals surface area contributed by atoms with Gasteiger partial charge in [0.2, 0.25) is 0 Å². The highest BCUT2D eigenvalue weighted by atomic mass is 35.5. The molecule has 0 heterocycles. The van der Waals surface area contributed by atoms with Gasteiger partial charge in [-0.15, -0.1) is 0 Å². The van der Waals surface area contributed by atoms with E-state index >= 15 is 0 Å². The Morgan fingerprint density at radius 2 is 1.81 bits per heavy atom. The summed E-state index contributed by atoms with van der Waals surface area (Å²) < 4.78 is 9.90. The van der Waals surface area contributed by atoms with Gasteiger partial charge in [0.25, 0.3) is 0 Å². The van der Waals surface area contributed by atoms with E-state index in [2.05, 4.69) is 5.32 Å². The fraction of sp³-hybridized carbons (Fsp3) is 0.467. The lowest BCUT2D eigenvalue weighted by Gasteiger charge is -2.21. The summed E-state index contributed by atoms with van der Waals surface area (Å²) in [5.41, 5.74) is 0.118. The Balaban J connectivity index is 2.74. The minimum absolute atomic E-state index is 0.0865. The van der Waals surface area contributed by atoms with Gasteiger partial charge in [0.05, 0.1) is 13.0 Å². The molecule has 1 amide bonds. The first kappa shape index (κ1) is 17.3. The van der Waals surface area contributed by atoms with E-state index in [-0.39, 0.29) is 6.54 Å². The average molecular weight is 314 g/mol. The summed E-state index contributed by atoms with van der Waals surface area (Å²) in [7, 11) is 1.30. The summed E-state index contributed by atoms with van der Waals surface area (Å²) in [5, 5.41) is 3.14. The Hall–Kier alpha value is -1.75. The second-order valence-corrected chi connectivity index (χ2v) is 5.95. The van der Waals surface area contributed by atoms with Crippen LogP contribution < -0.4 is 5.32 Å². The van der Waals surface area contributed by atoms with Crippen molar-refractivity contribution in [2.45, 2.75) is 32.3 Å². The van der Waals surface area contributed by atoms with E-state index in [0.717, 1.165) is 0 Å². The molecule has 1 aromatic carbocycles. The number of benzene rings is 1. The van der Waals surface area contributed by atoms with Gasteiger partial charge in [0.1, 0.15) is 5.60 Å². The minimum atomic E-state index is -0.611. The fourth-order valence-corrected chi connectivity index (χ4v) is 1.80. The summed E-state index contributed by atoms with van der Waals surface area (Å²) in [6.07, 6.45) is -0.578. The van der Waals surface area contributed by atoms with Gasteiger partial charge < -0.3 is 14.8 Å². The third kappa shape index (κ3) is 6.04. The molecule has 0 spiro atoms. The topological polar surface area (TPSA) is 64.6 Å². The zero-order valence-electron chi connectivity index (χ0n) is 12.6. The number of rotatable bonds is 4. The molecule has 0 fully saturated rings. The van der Waals surface area contributed by atoms with Crippen molar-refractivity contribution in [1.29, 1.82) is 0 Å². The van der Waals surface area contributed by atoms with Crippen LogP contribution in [0.15, 0.2) is 24.3 Å². The normalized spacial score (nSPS) is 12.4. The summed E-state index contributed by atoms with van der Waals surface area (Å²) in [6, 6.07) is 6.81. The minimum Gasteiger partial charge on any atom is -0.468 e. The van der Waals surface area contributed by atoms with Crippen LogP contribution in [0.25, 0.3) is 0 Å². The standard InChI is InChI=1S/C15H20ClNO4/c1-15(2,3)21-14(19)17-9-12(13(18)20-4)10-5-7-11(16)8-6-10/h5-8,12H,9H2,1-4H3,(H,17,19). The molecule has 1 N–H and O–H groups in total. The van der Waals surface area contributed by atoms with Gasteiger partial charge in [-0.1, -0.05) is 23.7 Å². The lowest BCUT2D eigenvalue weighted by molar-refractivity contribution is -0.142. The summed E-state index contributed by atoms with van der Waals surface area (Å²) in [6.45, 7) is 5.39. The number of carbonyl (C=O) groups is 2. The number of halogens is 1. The van der Waals surface area contributed by atoms with Crippen molar-refractivity contribution in [3.8, 4) is 0 Å². The van der Waals surface area contributed by atoms with Crippen LogP contribution in [0.4, 0.5) is 4.79 Å². The van der Waals surface area contributed by atoms with Gasteiger partial charge in [-0.3, -0.25) is 4.79 Å². The van der Waals surface area contributed by atoms with Gasteiger partial charge in [-0.25, -0.2) is 4.79 Å². The number of ether oxygens (including phenoxy) is 2.